The molecule has 17 heteroatoms. The summed E-state index contributed by atoms with van der Waals surface area (Å²) in [6, 6.07) is 0.108. The Hall–Kier alpha value is -4.28. The highest BCUT2D eigenvalue weighted by atomic mass is 16.2. The van der Waals surface area contributed by atoms with Crippen LogP contribution >= 0.6 is 0 Å². The van der Waals surface area contributed by atoms with Crippen LogP contribution in [0.25, 0.3) is 0 Å². The van der Waals surface area contributed by atoms with E-state index in [9.17, 15) is 38.4 Å². The fourth-order valence-electron chi connectivity index (χ4n) is 2.99. The molecule has 238 valence electrons. The topological polar surface area (TPSA) is 210 Å². The number of hydrogen-bond acceptors (Lipinski definition) is 9. The van der Waals surface area contributed by atoms with Gasteiger partial charge in [-0.15, -0.1) is 0 Å². The van der Waals surface area contributed by atoms with Crippen LogP contribution in [0.5, 0.6) is 0 Å². The fraction of sp³-hybridized carbons (Fsp3) is 0.680. The molecule has 0 saturated carbocycles. The monoisotopic (exact) mass is 599 g/mol. The highest BCUT2D eigenvalue weighted by Crippen LogP contribution is 1.90. The van der Waals surface area contributed by atoms with Crippen molar-refractivity contribution in [3.63, 3.8) is 0 Å². The molecular formula is C25H45N9O8. The summed E-state index contributed by atoms with van der Waals surface area (Å²) < 4.78 is 0. The Morgan fingerprint density at radius 2 is 0.738 bits per heavy atom. The lowest BCUT2D eigenvalue weighted by Crippen LogP contribution is -2.48. The number of nitrogens with zero attached hydrogens (tertiary/aromatic N) is 4. The van der Waals surface area contributed by atoms with Gasteiger partial charge < -0.3 is 46.2 Å². The molecule has 5 N–H and O–H groups in total. The van der Waals surface area contributed by atoms with Crippen LogP contribution in [0.4, 0.5) is 0 Å². The van der Waals surface area contributed by atoms with E-state index in [-0.39, 0.29) is 50.6 Å². The Kier molecular flexibility index (Phi) is 17.7. The van der Waals surface area contributed by atoms with Gasteiger partial charge in [-0.2, -0.15) is 0 Å². The van der Waals surface area contributed by atoms with E-state index in [0.29, 0.717) is 6.54 Å². The Labute approximate surface area is 246 Å². The first-order valence-electron chi connectivity index (χ1n) is 13.3. The zero-order chi connectivity index (χ0) is 32.4. The molecule has 0 fully saturated rings. The zero-order valence-electron chi connectivity index (χ0n) is 25.5. The number of carbonyl (C=O) groups is 8. The van der Waals surface area contributed by atoms with Crippen LogP contribution in [0, 0.1) is 0 Å². The van der Waals surface area contributed by atoms with E-state index < -0.39 is 55.1 Å². The SMILES string of the molecule is CCNC(=O)CN(C)C(=O)CNC(=O)CN(C)C(=O)CNC(=O)CN(C)C(=O)CNC(=O)CN(C)C(=O)CNC(C)C. The van der Waals surface area contributed by atoms with Gasteiger partial charge in [-0.3, -0.25) is 38.4 Å². The van der Waals surface area contributed by atoms with Crippen LogP contribution in [-0.2, 0) is 38.4 Å². The van der Waals surface area contributed by atoms with E-state index in [1.807, 2.05) is 13.8 Å². The van der Waals surface area contributed by atoms with Gasteiger partial charge in [-0.1, -0.05) is 13.8 Å². The van der Waals surface area contributed by atoms with Gasteiger partial charge in [0.05, 0.1) is 52.4 Å². The molecule has 0 aliphatic rings. The minimum Gasteiger partial charge on any atom is -0.355 e. The van der Waals surface area contributed by atoms with Gasteiger partial charge in [-0.05, 0) is 6.92 Å². The van der Waals surface area contributed by atoms with Gasteiger partial charge in [0.2, 0.25) is 47.3 Å². The van der Waals surface area contributed by atoms with Crippen molar-refractivity contribution >= 4 is 47.3 Å². The molecule has 0 rings (SSSR count). The largest absolute Gasteiger partial charge is 0.355 e. The van der Waals surface area contributed by atoms with Crippen LogP contribution in [-0.4, -0.2) is 160 Å². The summed E-state index contributed by atoms with van der Waals surface area (Å²) in [5.41, 5.74) is 0. The Morgan fingerprint density at radius 1 is 0.476 bits per heavy atom. The molecular weight excluding hydrogens is 554 g/mol. The predicted molar refractivity (Wildman–Crippen MR) is 151 cm³/mol. The normalized spacial score (nSPS) is 10.3. The van der Waals surface area contributed by atoms with Crippen molar-refractivity contribution in [1.82, 2.24) is 46.2 Å². The van der Waals surface area contributed by atoms with Gasteiger partial charge in [-0.25, -0.2) is 0 Å². The van der Waals surface area contributed by atoms with Crippen molar-refractivity contribution in [2.75, 3.05) is 87.1 Å². The second-order valence-electron chi connectivity index (χ2n) is 9.82. The standard InChI is InChI=1S/C25H45N9O8/c1-8-26-18(35)13-31(4)23(40)10-28-20(37)15-33(6)25(42)12-30-21(38)16-34(7)24(41)11-29-19(36)14-32(5)22(39)9-27-17(2)3/h17,27H,8-16H2,1-7H3,(H,26,35)(H,28,37)(H,29,36)(H,30,38). The first-order valence-corrected chi connectivity index (χ1v) is 13.3. The number of rotatable bonds is 18. The zero-order valence-corrected chi connectivity index (χ0v) is 25.5. The van der Waals surface area contributed by atoms with Crippen molar-refractivity contribution in [2.45, 2.75) is 26.8 Å². The van der Waals surface area contributed by atoms with Gasteiger partial charge in [0.25, 0.3) is 0 Å². The molecule has 8 amide bonds. The summed E-state index contributed by atoms with van der Waals surface area (Å²) in [4.78, 5) is 101. The maximum atomic E-state index is 12.3. The fourth-order valence-corrected chi connectivity index (χ4v) is 2.99. The highest BCUT2D eigenvalue weighted by Gasteiger charge is 2.19. The lowest BCUT2D eigenvalue weighted by Gasteiger charge is -2.20. The van der Waals surface area contributed by atoms with Crippen LogP contribution in [0.3, 0.4) is 0 Å². The third-order valence-electron chi connectivity index (χ3n) is 5.57. The Balaban J connectivity index is 4.37. The van der Waals surface area contributed by atoms with Gasteiger partial charge in [0.15, 0.2) is 0 Å². The van der Waals surface area contributed by atoms with Crippen molar-refractivity contribution in [2.24, 2.45) is 0 Å². The average molecular weight is 600 g/mol. The average Bonchev–Trinajstić information content (AvgIpc) is 2.91. The third kappa shape index (κ3) is 16.7. The highest BCUT2D eigenvalue weighted by molar-refractivity contribution is 5.92. The number of hydrogen-bond donors (Lipinski definition) is 5. The lowest BCUT2D eigenvalue weighted by atomic mass is 10.3. The van der Waals surface area contributed by atoms with E-state index in [1.54, 1.807) is 6.92 Å². The molecule has 0 bridgehead atoms. The molecule has 0 aliphatic carbocycles. The molecule has 0 spiro atoms. The molecule has 0 radical (unpaired) electrons. The molecule has 17 nitrogen and oxygen atoms in total. The van der Waals surface area contributed by atoms with Crippen LogP contribution < -0.4 is 26.6 Å². The van der Waals surface area contributed by atoms with Crippen molar-refractivity contribution < 1.29 is 38.4 Å². The molecule has 0 heterocycles. The van der Waals surface area contributed by atoms with Gasteiger partial charge in [0, 0.05) is 40.8 Å². The van der Waals surface area contributed by atoms with E-state index in [2.05, 4.69) is 26.6 Å². The summed E-state index contributed by atoms with van der Waals surface area (Å²) in [5.74, 6) is -4.09. The second-order valence-corrected chi connectivity index (χ2v) is 9.82. The summed E-state index contributed by atoms with van der Waals surface area (Å²) in [6.45, 7) is 3.64. The molecule has 42 heavy (non-hydrogen) atoms. The van der Waals surface area contributed by atoms with Crippen LogP contribution in [0.1, 0.15) is 20.8 Å². The molecule has 0 aromatic rings. The maximum Gasteiger partial charge on any atom is 0.242 e. The van der Waals surface area contributed by atoms with Crippen molar-refractivity contribution in [3.8, 4) is 0 Å². The van der Waals surface area contributed by atoms with E-state index in [4.69, 9.17) is 0 Å². The number of amides is 8. The summed E-state index contributed by atoms with van der Waals surface area (Å²) >= 11 is 0. The maximum absolute atomic E-state index is 12.3. The smallest absolute Gasteiger partial charge is 0.242 e. The summed E-state index contributed by atoms with van der Waals surface area (Å²) in [6.07, 6.45) is 0. The summed E-state index contributed by atoms with van der Waals surface area (Å²) in [7, 11) is 5.56. The van der Waals surface area contributed by atoms with E-state index in [1.165, 1.54) is 33.1 Å². The third-order valence-corrected chi connectivity index (χ3v) is 5.57. The van der Waals surface area contributed by atoms with E-state index in [0.717, 1.165) is 14.7 Å². The summed E-state index contributed by atoms with van der Waals surface area (Å²) in [5, 5.41) is 12.6. The van der Waals surface area contributed by atoms with Gasteiger partial charge >= 0.3 is 0 Å². The van der Waals surface area contributed by atoms with Crippen molar-refractivity contribution in [3.05, 3.63) is 0 Å². The molecule has 0 aliphatic heterocycles. The minimum atomic E-state index is -0.646. The number of carbonyl (C=O) groups excluding carboxylic acids is 8. The molecule has 0 unspecified atom stereocenters. The van der Waals surface area contributed by atoms with E-state index >= 15 is 0 Å². The van der Waals surface area contributed by atoms with Crippen molar-refractivity contribution in [1.29, 1.82) is 0 Å². The molecule has 0 atom stereocenters. The van der Waals surface area contributed by atoms with Crippen LogP contribution in [0.2, 0.25) is 0 Å². The predicted octanol–water partition coefficient (Wildman–Crippen LogP) is -4.70. The number of likely N-dealkylation sites (N-methyl/N-ethyl adjacent to an activating group) is 5. The molecule has 0 aromatic heterocycles. The Morgan fingerprint density at radius 3 is 1.00 bits per heavy atom. The second kappa shape index (κ2) is 19.7. The quantitative estimate of drug-likeness (QED) is 0.102. The molecule has 0 aromatic carbocycles. The van der Waals surface area contributed by atoms with Crippen LogP contribution in [0.15, 0.2) is 0 Å². The van der Waals surface area contributed by atoms with Gasteiger partial charge in [0.1, 0.15) is 0 Å². The number of nitrogens with one attached hydrogen (secondary N) is 5. The molecule has 0 saturated heterocycles. The lowest BCUT2D eigenvalue weighted by molar-refractivity contribution is -0.138. The Bertz CT molecular complexity index is 989. The first kappa shape index (κ1) is 37.7. The minimum absolute atomic E-state index is 0.0735. The first-order chi connectivity index (χ1) is 19.6.